The summed E-state index contributed by atoms with van der Waals surface area (Å²) in [5, 5.41) is 0. The highest BCUT2D eigenvalue weighted by Crippen LogP contribution is 2.30. The lowest BCUT2D eigenvalue weighted by molar-refractivity contribution is 0.587. The van der Waals surface area contributed by atoms with E-state index in [4.69, 9.17) is 0 Å². The molecule has 0 aliphatic carbocycles. The van der Waals surface area contributed by atoms with Crippen molar-refractivity contribution >= 4 is 25.3 Å². The maximum Gasteiger partial charge on any atom is 0.135 e. The summed E-state index contributed by atoms with van der Waals surface area (Å²) in [7, 11) is 0. The Labute approximate surface area is 149 Å². The van der Waals surface area contributed by atoms with Crippen LogP contribution >= 0.6 is 25.3 Å². The molecule has 0 bridgehead atoms. The normalized spacial score (nSPS) is 10.8. The van der Waals surface area contributed by atoms with Crippen molar-refractivity contribution < 1.29 is 8.78 Å². The van der Waals surface area contributed by atoms with Gasteiger partial charge in [0, 0.05) is 28.7 Å². The number of aromatic nitrogens is 2. The SMILES string of the molecule is Fc1cc(F)c(-c2cccc(CS)n2)cc1-c1cccc(CS)n1. The molecule has 6 heteroatoms. The maximum absolute atomic E-state index is 14.3. The molecule has 1 aromatic carbocycles. The predicted molar refractivity (Wildman–Crippen MR) is 98.2 cm³/mol. The molecule has 0 saturated heterocycles. The third-order valence-corrected chi connectivity index (χ3v) is 4.19. The molecule has 0 unspecified atom stereocenters. The van der Waals surface area contributed by atoms with Crippen LogP contribution in [0.15, 0.2) is 48.5 Å². The molecule has 0 aliphatic heterocycles. The average molecular weight is 360 g/mol. The third-order valence-electron chi connectivity index (χ3n) is 3.55. The molecule has 0 amide bonds. The van der Waals surface area contributed by atoms with Gasteiger partial charge < -0.3 is 0 Å². The average Bonchev–Trinajstić information content (AvgIpc) is 2.62. The van der Waals surface area contributed by atoms with E-state index in [1.807, 2.05) is 0 Å². The summed E-state index contributed by atoms with van der Waals surface area (Å²) in [6.07, 6.45) is 0. The molecule has 0 aliphatic rings. The van der Waals surface area contributed by atoms with E-state index in [0.29, 0.717) is 22.9 Å². The highest BCUT2D eigenvalue weighted by Gasteiger charge is 2.15. The predicted octanol–water partition coefficient (Wildman–Crippen LogP) is 4.95. The number of hydrogen-bond acceptors (Lipinski definition) is 4. The van der Waals surface area contributed by atoms with Crippen molar-refractivity contribution in [3.05, 3.63) is 71.6 Å². The summed E-state index contributed by atoms with van der Waals surface area (Å²) in [5.41, 5.74) is 2.77. The lowest BCUT2D eigenvalue weighted by atomic mass is 10.0. The molecular formula is C18H14F2N2S2. The topological polar surface area (TPSA) is 25.8 Å². The number of pyridine rings is 2. The van der Waals surface area contributed by atoms with Crippen molar-refractivity contribution in [2.45, 2.75) is 11.5 Å². The van der Waals surface area contributed by atoms with Crippen LogP contribution in [0.4, 0.5) is 8.78 Å². The van der Waals surface area contributed by atoms with E-state index in [1.54, 1.807) is 36.4 Å². The van der Waals surface area contributed by atoms with Gasteiger partial charge in [-0.05, 0) is 30.3 Å². The molecule has 24 heavy (non-hydrogen) atoms. The van der Waals surface area contributed by atoms with Crippen LogP contribution in [0.2, 0.25) is 0 Å². The Kier molecular flexibility index (Phi) is 5.16. The molecular weight excluding hydrogens is 346 g/mol. The molecule has 0 radical (unpaired) electrons. The van der Waals surface area contributed by atoms with Gasteiger partial charge >= 0.3 is 0 Å². The number of nitrogens with zero attached hydrogens (tertiary/aromatic N) is 2. The largest absolute Gasteiger partial charge is 0.252 e. The summed E-state index contributed by atoms with van der Waals surface area (Å²) in [6, 6.07) is 12.8. The Morgan fingerprint density at radius 1 is 0.708 bits per heavy atom. The summed E-state index contributed by atoms with van der Waals surface area (Å²) in [4.78, 5) is 8.70. The number of hydrogen-bond donors (Lipinski definition) is 2. The van der Waals surface area contributed by atoms with Gasteiger partial charge in [0.25, 0.3) is 0 Å². The van der Waals surface area contributed by atoms with E-state index in [2.05, 4.69) is 35.2 Å². The van der Waals surface area contributed by atoms with Crippen LogP contribution < -0.4 is 0 Å². The number of halogens is 2. The molecule has 2 aromatic heterocycles. The van der Waals surface area contributed by atoms with E-state index in [0.717, 1.165) is 17.5 Å². The highest BCUT2D eigenvalue weighted by molar-refractivity contribution is 7.79. The molecule has 122 valence electrons. The fraction of sp³-hybridized carbons (Fsp3) is 0.111. The Hall–Kier alpha value is -1.92. The minimum atomic E-state index is -0.662. The summed E-state index contributed by atoms with van der Waals surface area (Å²) in [6.45, 7) is 0. The standard InChI is InChI=1S/C18H14F2N2S2/c19-15-8-16(20)14(18-6-2-4-12(10-24)22-18)7-13(15)17-5-1-3-11(9-23)21-17/h1-8,23-24H,9-10H2. The number of rotatable bonds is 4. The van der Waals surface area contributed by atoms with Gasteiger partial charge in [-0.3, -0.25) is 9.97 Å². The molecule has 0 saturated carbocycles. The van der Waals surface area contributed by atoms with Gasteiger partial charge in [0.05, 0.1) is 22.8 Å². The second kappa shape index (κ2) is 7.32. The third kappa shape index (κ3) is 3.44. The Morgan fingerprint density at radius 3 is 1.58 bits per heavy atom. The zero-order valence-electron chi connectivity index (χ0n) is 12.6. The lowest BCUT2D eigenvalue weighted by Crippen LogP contribution is -1.97. The fourth-order valence-electron chi connectivity index (χ4n) is 2.38. The van der Waals surface area contributed by atoms with Crippen LogP contribution in [0.25, 0.3) is 22.5 Å². The van der Waals surface area contributed by atoms with Crippen LogP contribution in [0.5, 0.6) is 0 Å². The molecule has 0 N–H and O–H groups in total. The van der Waals surface area contributed by atoms with Gasteiger partial charge in [0.15, 0.2) is 0 Å². The quantitative estimate of drug-likeness (QED) is 0.644. The first-order chi connectivity index (χ1) is 11.6. The van der Waals surface area contributed by atoms with Crippen molar-refractivity contribution in [3.8, 4) is 22.5 Å². The van der Waals surface area contributed by atoms with Crippen LogP contribution in [0.3, 0.4) is 0 Å². The fourth-order valence-corrected chi connectivity index (χ4v) is 2.73. The molecule has 2 heterocycles. The first kappa shape index (κ1) is 16.9. The highest BCUT2D eigenvalue weighted by atomic mass is 32.1. The van der Waals surface area contributed by atoms with Crippen LogP contribution in [0.1, 0.15) is 11.4 Å². The molecule has 3 rings (SSSR count). The minimum absolute atomic E-state index is 0.230. The smallest absolute Gasteiger partial charge is 0.135 e. The molecule has 2 nitrogen and oxygen atoms in total. The van der Waals surface area contributed by atoms with Crippen molar-refractivity contribution in [1.29, 1.82) is 0 Å². The zero-order chi connectivity index (χ0) is 17.1. The van der Waals surface area contributed by atoms with Gasteiger partial charge in [0.1, 0.15) is 11.6 Å². The molecule has 0 spiro atoms. The summed E-state index contributed by atoms with van der Waals surface area (Å²) in [5.74, 6) is -0.444. The van der Waals surface area contributed by atoms with Gasteiger partial charge in [-0.1, -0.05) is 12.1 Å². The van der Waals surface area contributed by atoms with Crippen LogP contribution in [-0.2, 0) is 11.5 Å². The monoisotopic (exact) mass is 360 g/mol. The van der Waals surface area contributed by atoms with Crippen LogP contribution in [0, 0.1) is 11.6 Å². The lowest BCUT2D eigenvalue weighted by Gasteiger charge is -2.09. The van der Waals surface area contributed by atoms with Gasteiger partial charge in [-0.25, -0.2) is 8.78 Å². The van der Waals surface area contributed by atoms with E-state index >= 15 is 0 Å². The van der Waals surface area contributed by atoms with Gasteiger partial charge in [0.2, 0.25) is 0 Å². The first-order valence-electron chi connectivity index (χ1n) is 7.25. The van der Waals surface area contributed by atoms with Gasteiger partial charge in [-0.2, -0.15) is 25.3 Å². The van der Waals surface area contributed by atoms with Crippen molar-refractivity contribution in [3.63, 3.8) is 0 Å². The summed E-state index contributed by atoms with van der Waals surface area (Å²) < 4.78 is 28.6. The van der Waals surface area contributed by atoms with Crippen molar-refractivity contribution in [2.24, 2.45) is 0 Å². The second-order valence-electron chi connectivity index (χ2n) is 5.16. The van der Waals surface area contributed by atoms with E-state index in [-0.39, 0.29) is 11.1 Å². The van der Waals surface area contributed by atoms with Gasteiger partial charge in [-0.15, -0.1) is 0 Å². The van der Waals surface area contributed by atoms with Crippen molar-refractivity contribution in [2.75, 3.05) is 0 Å². The Balaban J connectivity index is 2.15. The molecule has 3 aromatic rings. The maximum atomic E-state index is 14.3. The summed E-state index contributed by atoms with van der Waals surface area (Å²) >= 11 is 8.36. The van der Waals surface area contributed by atoms with E-state index in [9.17, 15) is 8.78 Å². The Morgan fingerprint density at radius 2 is 1.17 bits per heavy atom. The Bertz CT molecular complexity index is 816. The molecule has 0 fully saturated rings. The van der Waals surface area contributed by atoms with Crippen LogP contribution in [-0.4, -0.2) is 9.97 Å². The number of thiol groups is 2. The number of benzene rings is 1. The second-order valence-corrected chi connectivity index (χ2v) is 5.79. The minimum Gasteiger partial charge on any atom is -0.252 e. The van der Waals surface area contributed by atoms with E-state index in [1.165, 1.54) is 6.07 Å². The van der Waals surface area contributed by atoms with Crippen molar-refractivity contribution in [1.82, 2.24) is 9.97 Å². The first-order valence-corrected chi connectivity index (χ1v) is 8.52. The molecule has 0 atom stereocenters. The van der Waals surface area contributed by atoms with E-state index < -0.39 is 11.6 Å². The zero-order valence-corrected chi connectivity index (χ0v) is 14.4.